The van der Waals surface area contributed by atoms with Gasteiger partial charge in [0.05, 0.1) is 30.3 Å². The number of ether oxygens (including phenoxy) is 2. The number of esters is 1. The number of carbonyl (C=O) groups excluding carboxylic acids is 1. The number of fused-ring (bicyclic) bond motifs is 1. The quantitative estimate of drug-likeness (QED) is 0.268. The fourth-order valence-electron chi connectivity index (χ4n) is 3.10. The third-order valence-corrected chi connectivity index (χ3v) is 6.21. The lowest BCUT2D eigenvalue weighted by Crippen LogP contribution is -2.07. The van der Waals surface area contributed by atoms with Crippen LogP contribution in [0.4, 0.5) is 5.13 Å². The van der Waals surface area contributed by atoms with E-state index in [0.29, 0.717) is 53.4 Å². The Hall–Kier alpha value is -3.27. The van der Waals surface area contributed by atoms with Gasteiger partial charge in [0.25, 0.3) is 0 Å². The standard InChI is InChI=1S/C22H17Cl2N3O5S/c1-10-20(21(29)31-3)33-22(25-10)27-26-15-9-17(11-4-5-16(28)18(6-11)30-2)32-19-13(15)7-12(23)8-14(19)24/h4-9,28H,1-3H3,(H,25,27)/b26-15+. The van der Waals surface area contributed by atoms with Crippen molar-refractivity contribution in [3.8, 4) is 22.8 Å². The summed E-state index contributed by atoms with van der Waals surface area (Å²) in [5.41, 5.74) is 4.41. The van der Waals surface area contributed by atoms with Crippen molar-refractivity contribution in [3.05, 3.63) is 62.4 Å². The zero-order valence-corrected chi connectivity index (χ0v) is 19.9. The van der Waals surface area contributed by atoms with Crippen LogP contribution in [-0.2, 0) is 4.74 Å². The Labute approximate surface area is 202 Å². The van der Waals surface area contributed by atoms with Crippen LogP contribution in [0.2, 0.25) is 10.0 Å². The van der Waals surface area contributed by atoms with Gasteiger partial charge in [-0.3, -0.25) is 5.43 Å². The molecule has 2 N–H and O–H groups in total. The van der Waals surface area contributed by atoms with Gasteiger partial charge < -0.3 is 19.0 Å². The van der Waals surface area contributed by atoms with Gasteiger partial charge in [0.15, 0.2) is 17.1 Å². The first kappa shape index (κ1) is 22.9. The van der Waals surface area contributed by atoms with E-state index in [9.17, 15) is 9.90 Å². The highest BCUT2D eigenvalue weighted by atomic mass is 35.5. The number of anilines is 1. The number of rotatable bonds is 5. The molecule has 2 aromatic carbocycles. The van der Waals surface area contributed by atoms with E-state index in [2.05, 4.69) is 15.5 Å². The molecule has 8 nitrogen and oxygen atoms in total. The molecule has 0 aliphatic heterocycles. The molecule has 2 aromatic heterocycles. The van der Waals surface area contributed by atoms with Crippen molar-refractivity contribution in [3.63, 3.8) is 0 Å². The van der Waals surface area contributed by atoms with E-state index >= 15 is 0 Å². The lowest BCUT2D eigenvalue weighted by atomic mass is 10.1. The third-order valence-electron chi connectivity index (χ3n) is 4.67. The fraction of sp³-hybridized carbons (Fsp3) is 0.136. The Bertz CT molecular complexity index is 1450. The topological polar surface area (TPSA) is 106 Å². The van der Waals surface area contributed by atoms with Crippen LogP contribution in [0.15, 0.2) is 45.9 Å². The van der Waals surface area contributed by atoms with Crippen molar-refractivity contribution >= 4 is 56.6 Å². The Morgan fingerprint density at radius 1 is 1.21 bits per heavy atom. The van der Waals surface area contributed by atoms with Gasteiger partial charge in [-0.1, -0.05) is 34.5 Å². The zero-order valence-electron chi connectivity index (χ0n) is 17.6. The van der Waals surface area contributed by atoms with Crippen LogP contribution >= 0.6 is 34.5 Å². The zero-order chi connectivity index (χ0) is 23.7. The second-order valence-corrected chi connectivity index (χ2v) is 8.64. The molecule has 0 fully saturated rings. The van der Waals surface area contributed by atoms with E-state index < -0.39 is 5.97 Å². The van der Waals surface area contributed by atoms with Crippen molar-refractivity contribution in [2.45, 2.75) is 6.92 Å². The van der Waals surface area contributed by atoms with Gasteiger partial charge in [-0.25, -0.2) is 9.78 Å². The average Bonchev–Trinajstić information content (AvgIpc) is 3.17. The lowest BCUT2D eigenvalue weighted by Gasteiger charge is -2.09. The first-order valence-electron chi connectivity index (χ1n) is 9.46. The summed E-state index contributed by atoms with van der Waals surface area (Å²) >= 11 is 13.7. The van der Waals surface area contributed by atoms with E-state index in [4.69, 9.17) is 37.1 Å². The van der Waals surface area contributed by atoms with E-state index in [1.807, 2.05) is 0 Å². The van der Waals surface area contributed by atoms with Gasteiger partial charge in [0.1, 0.15) is 10.6 Å². The summed E-state index contributed by atoms with van der Waals surface area (Å²) in [6.07, 6.45) is 0. The van der Waals surface area contributed by atoms with Crippen LogP contribution in [0, 0.1) is 6.92 Å². The second kappa shape index (κ2) is 9.30. The van der Waals surface area contributed by atoms with E-state index in [0.717, 1.165) is 11.3 Å². The molecule has 0 bridgehead atoms. The highest BCUT2D eigenvalue weighted by Gasteiger charge is 2.16. The molecule has 33 heavy (non-hydrogen) atoms. The molecule has 0 spiro atoms. The second-order valence-electron chi connectivity index (χ2n) is 6.80. The minimum atomic E-state index is -0.468. The number of halogens is 2. The highest BCUT2D eigenvalue weighted by molar-refractivity contribution is 7.17. The molecule has 0 unspecified atom stereocenters. The highest BCUT2D eigenvalue weighted by Crippen LogP contribution is 2.34. The van der Waals surface area contributed by atoms with Crippen LogP contribution in [0.3, 0.4) is 0 Å². The van der Waals surface area contributed by atoms with Crippen molar-refractivity contribution in [1.29, 1.82) is 0 Å². The van der Waals surface area contributed by atoms with Gasteiger partial charge >= 0.3 is 5.97 Å². The fourth-order valence-corrected chi connectivity index (χ4v) is 4.45. The van der Waals surface area contributed by atoms with Crippen molar-refractivity contribution in [1.82, 2.24) is 4.98 Å². The molecule has 0 aliphatic carbocycles. The average molecular weight is 506 g/mol. The Morgan fingerprint density at radius 3 is 2.73 bits per heavy atom. The van der Waals surface area contributed by atoms with E-state index in [-0.39, 0.29) is 11.5 Å². The van der Waals surface area contributed by atoms with Gasteiger partial charge in [0, 0.05) is 22.0 Å². The minimum Gasteiger partial charge on any atom is -0.504 e. The number of carbonyl (C=O) groups is 1. The number of phenolic OH excluding ortho intramolecular Hbond substituents is 1. The molecule has 0 saturated heterocycles. The molecule has 0 aliphatic rings. The summed E-state index contributed by atoms with van der Waals surface area (Å²) in [5.74, 6) is 0.245. The molecule has 2 heterocycles. The molecule has 11 heteroatoms. The molecular weight excluding hydrogens is 489 g/mol. The predicted octanol–water partition coefficient (Wildman–Crippen LogP) is 5.60. The summed E-state index contributed by atoms with van der Waals surface area (Å²) in [6, 6.07) is 9.75. The first-order valence-corrected chi connectivity index (χ1v) is 11.0. The van der Waals surface area contributed by atoms with Crippen LogP contribution in [0.1, 0.15) is 15.4 Å². The molecule has 0 radical (unpaired) electrons. The van der Waals surface area contributed by atoms with Gasteiger partial charge in [-0.05, 0) is 37.3 Å². The number of aromatic hydroxyl groups is 1. The summed E-state index contributed by atoms with van der Waals surface area (Å²) in [6.45, 7) is 1.71. The minimum absolute atomic E-state index is 0.000944. The van der Waals surface area contributed by atoms with Crippen LogP contribution in [-0.4, -0.2) is 30.3 Å². The normalized spacial score (nSPS) is 11.6. The van der Waals surface area contributed by atoms with E-state index in [1.165, 1.54) is 20.3 Å². The SMILES string of the molecule is COC(=O)c1sc(N/N=c2\cc(-c3ccc(O)c(OC)c3)oc3c(Cl)cc(Cl)cc23)nc1C. The van der Waals surface area contributed by atoms with E-state index in [1.54, 1.807) is 37.3 Å². The number of aryl methyl sites for hydroxylation is 1. The van der Waals surface area contributed by atoms with Gasteiger partial charge in [0.2, 0.25) is 5.13 Å². The number of hydrogen-bond donors (Lipinski definition) is 2. The molecule has 0 atom stereocenters. The maximum absolute atomic E-state index is 11.9. The molecule has 0 amide bonds. The largest absolute Gasteiger partial charge is 0.504 e. The Balaban J connectivity index is 1.87. The molecule has 4 aromatic rings. The summed E-state index contributed by atoms with van der Waals surface area (Å²) in [7, 11) is 2.77. The maximum Gasteiger partial charge on any atom is 0.350 e. The molecule has 170 valence electrons. The smallest absolute Gasteiger partial charge is 0.350 e. The number of methoxy groups -OCH3 is 2. The lowest BCUT2D eigenvalue weighted by molar-refractivity contribution is 0.0605. The number of hydrogen-bond acceptors (Lipinski definition) is 9. The number of phenols is 1. The Morgan fingerprint density at radius 2 is 2.00 bits per heavy atom. The first-order chi connectivity index (χ1) is 15.8. The molecular formula is C22H17Cl2N3O5S. The Kier molecular flexibility index (Phi) is 6.46. The predicted molar refractivity (Wildman–Crippen MR) is 127 cm³/mol. The number of nitrogens with zero attached hydrogens (tertiary/aromatic N) is 2. The maximum atomic E-state index is 11.9. The summed E-state index contributed by atoms with van der Waals surface area (Å²) < 4.78 is 16.0. The van der Waals surface area contributed by atoms with Gasteiger partial charge in [-0.15, -0.1) is 0 Å². The van der Waals surface area contributed by atoms with Crippen LogP contribution < -0.4 is 15.5 Å². The number of benzene rings is 2. The number of aromatic nitrogens is 1. The van der Waals surface area contributed by atoms with Crippen molar-refractivity contribution in [2.75, 3.05) is 19.6 Å². The van der Waals surface area contributed by atoms with Crippen molar-refractivity contribution in [2.24, 2.45) is 5.10 Å². The molecule has 0 saturated carbocycles. The number of nitrogens with one attached hydrogen (secondary N) is 1. The summed E-state index contributed by atoms with van der Waals surface area (Å²) in [4.78, 5) is 16.6. The van der Waals surface area contributed by atoms with Crippen LogP contribution in [0.25, 0.3) is 22.3 Å². The van der Waals surface area contributed by atoms with Gasteiger partial charge in [-0.2, -0.15) is 5.10 Å². The van der Waals surface area contributed by atoms with Crippen LogP contribution in [0.5, 0.6) is 11.5 Å². The third kappa shape index (κ3) is 4.61. The summed E-state index contributed by atoms with van der Waals surface area (Å²) in [5, 5.41) is 16.5. The number of thiazole rings is 1. The van der Waals surface area contributed by atoms with Crippen molar-refractivity contribution < 1.29 is 23.8 Å². The molecule has 4 rings (SSSR count). The monoisotopic (exact) mass is 505 g/mol.